The number of phenols is 1. The minimum Gasteiger partial charge on any atom is -0.507 e. The number of benzene rings is 1. The van der Waals surface area contributed by atoms with E-state index in [9.17, 15) is 29.4 Å². The van der Waals surface area contributed by atoms with Gasteiger partial charge in [0.15, 0.2) is 5.60 Å². The van der Waals surface area contributed by atoms with Crippen LogP contribution in [0.25, 0.3) is 6.08 Å². The maximum absolute atomic E-state index is 11.5. The minimum atomic E-state index is -2.88. The number of rotatable bonds is 7. The van der Waals surface area contributed by atoms with E-state index in [4.69, 9.17) is 10.2 Å². The predicted molar refractivity (Wildman–Crippen MR) is 77.7 cm³/mol. The lowest BCUT2D eigenvalue weighted by molar-refractivity contribution is -0.173. The van der Waals surface area contributed by atoms with E-state index in [1.807, 2.05) is 0 Å². The minimum absolute atomic E-state index is 0.116. The van der Waals surface area contributed by atoms with Gasteiger partial charge in [0, 0.05) is 11.6 Å². The van der Waals surface area contributed by atoms with Crippen LogP contribution in [0.3, 0.4) is 0 Å². The van der Waals surface area contributed by atoms with Crippen LogP contribution >= 0.6 is 0 Å². The largest absolute Gasteiger partial charge is 0.507 e. The molecule has 0 amide bonds. The Hall–Kier alpha value is -3.20. The third-order valence-corrected chi connectivity index (χ3v) is 2.83. The summed E-state index contributed by atoms with van der Waals surface area (Å²) in [6.45, 7) is 0. The van der Waals surface area contributed by atoms with Gasteiger partial charge in [-0.3, -0.25) is 9.59 Å². The third kappa shape index (κ3) is 5.54. The molecule has 24 heavy (non-hydrogen) atoms. The monoisotopic (exact) mass is 338 g/mol. The Kier molecular flexibility index (Phi) is 6.19. The van der Waals surface area contributed by atoms with Gasteiger partial charge in [0.1, 0.15) is 5.75 Å². The molecule has 4 N–H and O–H groups in total. The van der Waals surface area contributed by atoms with Crippen LogP contribution < -0.4 is 0 Å². The fourth-order valence-electron chi connectivity index (χ4n) is 1.67. The van der Waals surface area contributed by atoms with Gasteiger partial charge < -0.3 is 25.2 Å². The summed E-state index contributed by atoms with van der Waals surface area (Å²) in [5.74, 6) is -6.27. The zero-order chi connectivity index (χ0) is 18.3. The second kappa shape index (κ2) is 7.88. The van der Waals surface area contributed by atoms with Crippen molar-refractivity contribution in [1.82, 2.24) is 0 Å². The molecule has 0 aliphatic rings. The van der Waals surface area contributed by atoms with E-state index in [0.29, 0.717) is 0 Å². The third-order valence-electron chi connectivity index (χ3n) is 2.83. The van der Waals surface area contributed by atoms with Crippen LogP contribution in [-0.2, 0) is 23.9 Å². The zero-order valence-corrected chi connectivity index (χ0v) is 12.2. The van der Waals surface area contributed by atoms with Crippen molar-refractivity contribution in [3.8, 4) is 5.75 Å². The first-order valence-electron chi connectivity index (χ1n) is 6.52. The summed E-state index contributed by atoms with van der Waals surface area (Å²) in [5, 5.41) is 36.5. The number of carboxylic acids is 2. The molecule has 0 heterocycles. The van der Waals surface area contributed by atoms with Crippen LogP contribution in [0.1, 0.15) is 18.4 Å². The molecule has 0 radical (unpaired) electrons. The Morgan fingerprint density at radius 2 is 1.71 bits per heavy atom. The normalized spacial score (nSPS) is 13.2. The highest BCUT2D eigenvalue weighted by Crippen LogP contribution is 2.18. The molecule has 1 atom stereocenters. The summed E-state index contributed by atoms with van der Waals surface area (Å²) in [7, 11) is 0. The van der Waals surface area contributed by atoms with E-state index >= 15 is 0 Å². The molecule has 128 valence electrons. The highest BCUT2D eigenvalue weighted by molar-refractivity contribution is 5.97. The lowest BCUT2D eigenvalue weighted by Crippen LogP contribution is -2.43. The fourth-order valence-corrected chi connectivity index (χ4v) is 1.67. The van der Waals surface area contributed by atoms with Gasteiger partial charge in [0.25, 0.3) is 0 Å². The molecule has 9 heteroatoms. The van der Waals surface area contributed by atoms with Crippen molar-refractivity contribution in [3.63, 3.8) is 0 Å². The van der Waals surface area contributed by atoms with Gasteiger partial charge in [-0.2, -0.15) is 0 Å². The number of aromatic hydroxyl groups is 1. The number of carbonyl (C=O) groups is 4. The number of hydrogen-bond acceptors (Lipinski definition) is 7. The molecular formula is C15H14O9. The van der Waals surface area contributed by atoms with Crippen molar-refractivity contribution >= 4 is 30.0 Å². The number of ether oxygens (including phenoxy) is 1. The molecule has 1 aromatic carbocycles. The topological polar surface area (TPSA) is 158 Å². The first-order valence-corrected chi connectivity index (χ1v) is 6.52. The molecule has 0 saturated heterocycles. The molecule has 0 spiro atoms. The van der Waals surface area contributed by atoms with Crippen molar-refractivity contribution < 1.29 is 44.3 Å². The lowest BCUT2D eigenvalue weighted by atomic mass is 9.96. The Balaban J connectivity index is 2.70. The Morgan fingerprint density at radius 1 is 1.08 bits per heavy atom. The summed E-state index contributed by atoms with van der Waals surface area (Å²) >= 11 is 0. The summed E-state index contributed by atoms with van der Waals surface area (Å²) in [4.78, 5) is 44.4. The van der Waals surface area contributed by atoms with Crippen molar-refractivity contribution in [3.05, 3.63) is 35.9 Å². The van der Waals surface area contributed by atoms with Gasteiger partial charge in [-0.25, -0.2) is 9.59 Å². The van der Waals surface area contributed by atoms with Gasteiger partial charge in [0.05, 0.1) is 12.8 Å². The number of phenolic OH excluding ortho intramolecular Hbond substituents is 1. The first-order chi connectivity index (χ1) is 11.1. The molecular weight excluding hydrogens is 324 g/mol. The van der Waals surface area contributed by atoms with Crippen molar-refractivity contribution in [1.29, 1.82) is 0 Å². The number of aliphatic hydroxyl groups is 1. The van der Waals surface area contributed by atoms with Gasteiger partial charge >= 0.3 is 23.9 Å². The summed E-state index contributed by atoms with van der Waals surface area (Å²) in [6.07, 6.45) is -0.486. The van der Waals surface area contributed by atoms with Crippen LogP contribution in [0.5, 0.6) is 5.75 Å². The van der Waals surface area contributed by atoms with Crippen molar-refractivity contribution in [2.45, 2.75) is 18.4 Å². The van der Waals surface area contributed by atoms with E-state index in [-0.39, 0.29) is 11.3 Å². The number of hydrogen-bond donors (Lipinski definition) is 4. The standard InChI is InChI=1S/C15H14O9/c16-10-4-2-1-3-9(10)5-6-12(19)24-13(20)8-15(23,14(21)22)7-11(17)18/h1-6,16,23H,7-8H2,(H,17,18)(H,21,22)/b6-5+. The fraction of sp³-hybridized carbons (Fsp3) is 0.200. The van der Waals surface area contributed by atoms with Crippen LogP contribution in [0.4, 0.5) is 0 Å². The van der Waals surface area contributed by atoms with Gasteiger partial charge in [-0.1, -0.05) is 18.2 Å². The number of esters is 2. The van der Waals surface area contributed by atoms with Gasteiger partial charge in [-0.05, 0) is 12.1 Å². The average Bonchev–Trinajstić information content (AvgIpc) is 2.45. The van der Waals surface area contributed by atoms with E-state index in [2.05, 4.69) is 4.74 Å². The summed E-state index contributed by atoms with van der Waals surface area (Å²) in [6, 6.07) is 6.00. The quantitative estimate of drug-likeness (QED) is 0.308. The second-order valence-electron chi connectivity index (χ2n) is 4.77. The van der Waals surface area contributed by atoms with Crippen LogP contribution in [0.15, 0.2) is 30.3 Å². The predicted octanol–water partition coefficient (Wildman–Crippen LogP) is 0.156. The number of carboxylic acid groups (broad SMARTS) is 2. The number of carbonyl (C=O) groups excluding carboxylic acids is 2. The molecule has 0 fully saturated rings. The highest BCUT2D eigenvalue weighted by Gasteiger charge is 2.41. The summed E-state index contributed by atoms with van der Waals surface area (Å²) < 4.78 is 4.28. The van der Waals surface area contributed by atoms with E-state index < -0.39 is 42.3 Å². The molecule has 1 unspecified atom stereocenters. The molecule has 0 aliphatic heterocycles. The Labute approximate surface area is 135 Å². The number of aliphatic carboxylic acids is 2. The average molecular weight is 338 g/mol. The molecule has 0 saturated carbocycles. The van der Waals surface area contributed by atoms with Gasteiger partial charge in [0.2, 0.25) is 0 Å². The SMILES string of the molecule is O=C(O)CC(O)(CC(=O)OC(=O)/C=C/c1ccccc1O)C(=O)O. The first kappa shape index (κ1) is 18.8. The Bertz CT molecular complexity index is 692. The molecule has 0 aliphatic carbocycles. The smallest absolute Gasteiger partial charge is 0.338 e. The van der Waals surface area contributed by atoms with Crippen LogP contribution in [0.2, 0.25) is 0 Å². The second-order valence-corrected chi connectivity index (χ2v) is 4.77. The zero-order valence-electron chi connectivity index (χ0n) is 12.2. The Morgan fingerprint density at radius 3 is 2.25 bits per heavy atom. The highest BCUT2D eigenvalue weighted by atomic mass is 16.6. The van der Waals surface area contributed by atoms with E-state index in [0.717, 1.165) is 12.2 Å². The molecule has 1 rings (SSSR count). The number of para-hydroxylation sites is 1. The molecule has 1 aromatic rings. The molecule has 0 aromatic heterocycles. The van der Waals surface area contributed by atoms with Crippen LogP contribution in [-0.4, -0.2) is 49.9 Å². The van der Waals surface area contributed by atoms with Gasteiger partial charge in [-0.15, -0.1) is 0 Å². The lowest BCUT2D eigenvalue weighted by Gasteiger charge is -2.19. The summed E-state index contributed by atoms with van der Waals surface area (Å²) in [5.41, 5.74) is -2.61. The van der Waals surface area contributed by atoms with Crippen molar-refractivity contribution in [2.75, 3.05) is 0 Å². The van der Waals surface area contributed by atoms with Crippen LogP contribution in [0, 0.1) is 0 Å². The molecule has 0 bridgehead atoms. The van der Waals surface area contributed by atoms with Crippen molar-refractivity contribution in [2.24, 2.45) is 0 Å². The van der Waals surface area contributed by atoms with E-state index in [1.165, 1.54) is 12.1 Å². The maximum Gasteiger partial charge on any atom is 0.338 e. The molecule has 9 nitrogen and oxygen atoms in total. The maximum atomic E-state index is 11.5. The van der Waals surface area contributed by atoms with E-state index in [1.54, 1.807) is 12.1 Å².